The first-order valence-corrected chi connectivity index (χ1v) is 7.76. The van der Waals surface area contributed by atoms with Crippen LogP contribution < -0.4 is 5.73 Å². The topological polar surface area (TPSA) is 43.8 Å². The fraction of sp³-hybridized carbons (Fsp3) is 0.786. The summed E-state index contributed by atoms with van der Waals surface area (Å²) < 4.78 is 3.31. The van der Waals surface area contributed by atoms with E-state index in [1.54, 1.807) is 0 Å². The van der Waals surface area contributed by atoms with Gasteiger partial charge in [-0.15, -0.1) is 0 Å². The van der Waals surface area contributed by atoms with E-state index >= 15 is 0 Å². The summed E-state index contributed by atoms with van der Waals surface area (Å²) in [5, 5.41) is 4.64. The molecule has 0 saturated heterocycles. The van der Waals surface area contributed by atoms with Gasteiger partial charge in [0.25, 0.3) is 0 Å². The predicted molar refractivity (Wildman–Crippen MR) is 80.7 cm³/mol. The van der Waals surface area contributed by atoms with Crippen LogP contribution in [0.5, 0.6) is 0 Å². The first kappa shape index (κ1) is 15.7. The molecular weight excluding hydrogens is 290 g/mol. The largest absolute Gasteiger partial charge is 0.330 e. The average molecular weight is 316 g/mol. The molecule has 0 aromatic carbocycles. The lowest BCUT2D eigenvalue weighted by atomic mass is 9.93. The van der Waals surface area contributed by atoms with Crippen molar-refractivity contribution in [2.75, 3.05) is 6.54 Å². The lowest BCUT2D eigenvalue weighted by Crippen LogP contribution is -2.20. The highest BCUT2D eigenvalue weighted by Gasteiger charge is 2.18. The van der Waals surface area contributed by atoms with E-state index in [1.165, 1.54) is 16.6 Å². The molecule has 0 fully saturated rings. The number of aryl methyl sites for hydroxylation is 2. The van der Waals surface area contributed by atoms with E-state index in [9.17, 15) is 0 Å². The molecule has 3 nitrogen and oxygen atoms in total. The minimum absolute atomic E-state index is 0.549. The zero-order valence-electron chi connectivity index (χ0n) is 12.0. The van der Waals surface area contributed by atoms with Gasteiger partial charge in [-0.05, 0) is 60.5 Å². The average Bonchev–Trinajstić information content (AvgIpc) is 2.64. The van der Waals surface area contributed by atoms with Crippen molar-refractivity contribution in [3.63, 3.8) is 0 Å². The van der Waals surface area contributed by atoms with Crippen molar-refractivity contribution >= 4 is 15.9 Å². The van der Waals surface area contributed by atoms with Gasteiger partial charge >= 0.3 is 0 Å². The second-order valence-corrected chi connectivity index (χ2v) is 6.11. The first-order valence-electron chi connectivity index (χ1n) is 6.97. The Balaban J connectivity index is 2.90. The van der Waals surface area contributed by atoms with Crippen molar-refractivity contribution in [2.24, 2.45) is 17.6 Å². The van der Waals surface area contributed by atoms with Crippen LogP contribution in [0, 0.1) is 11.8 Å². The molecular formula is C14H26BrN3. The molecule has 0 bridgehead atoms. The second kappa shape index (κ2) is 7.29. The molecule has 0 aliphatic carbocycles. The van der Waals surface area contributed by atoms with Crippen molar-refractivity contribution in [3.8, 4) is 0 Å². The molecule has 1 aromatic rings. The standard InChI is InChI=1S/C14H26BrN3/c1-5-12-14(15)13(18(6-2)17-12)8-11(9-16)7-10(3)4/h10-11H,5-9,16H2,1-4H3. The summed E-state index contributed by atoms with van der Waals surface area (Å²) in [7, 11) is 0. The smallest absolute Gasteiger partial charge is 0.0766 e. The number of hydrogen-bond donors (Lipinski definition) is 1. The summed E-state index contributed by atoms with van der Waals surface area (Å²) in [4.78, 5) is 0. The molecule has 1 heterocycles. The van der Waals surface area contributed by atoms with E-state index < -0.39 is 0 Å². The Morgan fingerprint density at radius 2 is 2.00 bits per heavy atom. The molecule has 0 saturated carbocycles. The molecule has 1 rings (SSSR count). The van der Waals surface area contributed by atoms with Crippen molar-refractivity contribution in [1.82, 2.24) is 9.78 Å². The maximum atomic E-state index is 5.90. The van der Waals surface area contributed by atoms with Crippen molar-refractivity contribution < 1.29 is 0 Å². The van der Waals surface area contributed by atoms with Crippen LogP contribution in [0.1, 0.15) is 45.5 Å². The van der Waals surface area contributed by atoms with Crippen LogP contribution in [0.25, 0.3) is 0 Å². The number of halogens is 1. The summed E-state index contributed by atoms with van der Waals surface area (Å²) in [5.41, 5.74) is 8.37. The van der Waals surface area contributed by atoms with Crippen LogP contribution in [0.3, 0.4) is 0 Å². The van der Waals surface area contributed by atoms with Gasteiger partial charge < -0.3 is 5.73 Å². The van der Waals surface area contributed by atoms with Gasteiger partial charge in [-0.3, -0.25) is 4.68 Å². The molecule has 1 atom stereocenters. The lowest BCUT2D eigenvalue weighted by molar-refractivity contribution is 0.403. The van der Waals surface area contributed by atoms with Crippen LogP contribution in [0.2, 0.25) is 0 Å². The maximum Gasteiger partial charge on any atom is 0.0766 e. The first-order chi connectivity index (χ1) is 8.53. The third-order valence-electron chi connectivity index (χ3n) is 3.31. The molecule has 1 unspecified atom stereocenters. The lowest BCUT2D eigenvalue weighted by Gasteiger charge is -2.17. The van der Waals surface area contributed by atoms with E-state index in [2.05, 4.69) is 53.4 Å². The monoisotopic (exact) mass is 315 g/mol. The highest BCUT2D eigenvalue weighted by molar-refractivity contribution is 9.10. The Morgan fingerprint density at radius 1 is 1.33 bits per heavy atom. The van der Waals surface area contributed by atoms with Crippen LogP contribution in [-0.2, 0) is 19.4 Å². The summed E-state index contributed by atoms with van der Waals surface area (Å²) in [6, 6.07) is 0. The fourth-order valence-electron chi connectivity index (χ4n) is 2.42. The normalized spacial score (nSPS) is 13.3. The van der Waals surface area contributed by atoms with Crippen molar-refractivity contribution in [1.29, 1.82) is 0 Å². The van der Waals surface area contributed by atoms with E-state index in [-0.39, 0.29) is 0 Å². The van der Waals surface area contributed by atoms with Gasteiger partial charge in [-0.25, -0.2) is 0 Å². The van der Waals surface area contributed by atoms with E-state index in [4.69, 9.17) is 5.73 Å². The number of hydrogen-bond acceptors (Lipinski definition) is 2. The molecule has 104 valence electrons. The molecule has 0 amide bonds. The SMILES string of the molecule is CCc1nn(CC)c(CC(CN)CC(C)C)c1Br. The predicted octanol–water partition coefficient (Wildman–Crippen LogP) is 3.39. The summed E-state index contributed by atoms with van der Waals surface area (Å²) >= 11 is 3.70. The Kier molecular flexibility index (Phi) is 6.36. The highest BCUT2D eigenvalue weighted by atomic mass is 79.9. The maximum absolute atomic E-state index is 5.90. The number of nitrogens with zero attached hydrogens (tertiary/aromatic N) is 2. The van der Waals surface area contributed by atoms with Crippen molar-refractivity contribution in [2.45, 2.75) is 53.5 Å². The molecule has 2 N–H and O–H groups in total. The van der Waals surface area contributed by atoms with Gasteiger partial charge in [-0.1, -0.05) is 20.8 Å². The van der Waals surface area contributed by atoms with Gasteiger partial charge in [0.1, 0.15) is 0 Å². The zero-order chi connectivity index (χ0) is 13.7. The molecule has 0 spiro atoms. The van der Waals surface area contributed by atoms with Gasteiger partial charge in [0.2, 0.25) is 0 Å². The molecule has 0 aliphatic rings. The summed E-state index contributed by atoms with van der Waals surface area (Å²) in [6.45, 7) is 10.5. The van der Waals surface area contributed by atoms with Gasteiger partial charge in [-0.2, -0.15) is 5.10 Å². The van der Waals surface area contributed by atoms with Crippen LogP contribution in [-0.4, -0.2) is 16.3 Å². The Bertz CT molecular complexity index is 371. The second-order valence-electron chi connectivity index (χ2n) is 5.31. The van der Waals surface area contributed by atoms with Gasteiger partial charge in [0, 0.05) is 6.54 Å². The van der Waals surface area contributed by atoms with E-state index in [0.29, 0.717) is 11.8 Å². The van der Waals surface area contributed by atoms with E-state index in [0.717, 1.165) is 31.6 Å². The Labute approximate surface area is 119 Å². The third kappa shape index (κ3) is 3.82. The highest BCUT2D eigenvalue weighted by Crippen LogP contribution is 2.26. The fourth-order valence-corrected chi connectivity index (χ4v) is 3.14. The third-order valence-corrected chi connectivity index (χ3v) is 4.23. The van der Waals surface area contributed by atoms with E-state index in [1.807, 2.05) is 0 Å². The van der Waals surface area contributed by atoms with Crippen LogP contribution in [0.4, 0.5) is 0 Å². The van der Waals surface area contributed by atoms with Gasteiger partial charge in [0.05, 0.1) is 15.9 Å². The molecule has 1 aromatic heterocycles. The summed E-state index contributed by atoms with van der Waals surface area (Å²) in [6.07, 6.45) is 3.17. The quantitative estimate of drug-likeness (QED) is 0.838. The number of rotatable bonds is 7. The summed E-state index contributed by atoms with van der Waals surface area (Å²) in [5.74, 6) is 1.24. The number of nitrogens with two attached hydrogens (primary N) is 1. The zero-order valence-corrected chi connectivity index (χ0v) is 13.6. The van der Waals surface area contributed by atoms with Crippen LogP contribution in [0.15, 0.2) is 4.47 Å². The minimum Gasteiger partial charge on any atom is -0.330 e. The number of aromatic nitrogens is 2. The van der Waals surface area contributed by atoms with Gasteiger partial charge in [0.15, 0.2) is 0 Å². The van der Waals surface area contributed by atoms with Crippen molar-refractivity contribution in [3.05, 3.63) is 15.9 Å². The molecule has 18 heavy (non-hydrogen) atoms. The molecule has 0 radical (unpaired) electrons. The molecule has 4 heteroatoms. The minimum atomic E-state index is 0.549. The van der Waals surface area contributed by atoms with Crippen LogP contribution >= 0.6 is 15.9 Å². The Morgan fingerprint density at radius 3 is 2.44 bits per heavy atom. The Hall–Kier alpha value is -0.350. The molecule has 0 aliphatic heterocycles.